The molecule has 0 bridgehead atoms. The molecule has 0 aliphatic carbocycles. The number of anilines is 1. The van der Waals surface area contributed by atoms with Gasteiger partial charge in [-0.3, -0.25) is 9.89 Å². The van der Waals surface area contributed by atoms with Crippen LogP contribution in [0.1, 0.15) is 11.3 Å². The second kappa shape index (κ2) is 5.56. The van der Waals surface area contributed by atoms with Crippen LogP contribution >= 0.6 is 22.7 Å². The van der Waals surface area contributed by atoms with Gasteiger partial charge in [-0.05, 0) is 18.4 Å². The number of nitrogens with one attached hydrogen (secondary N) is 2. The molecule has 3 rings (SSSR count). The van der Waals surface area contributed by atoms with E-state index in [1.54, 1.807) is 28.9 Å². The van der Waals surface area contributed by atoms with Gasteiger partial charge in [0.25, 0.3) is 0 Å². The molecule has 1 amide bonds. The number of amides is 1. The van der Waals surface area contributed by atoms with Crippen LogP contribution < -0.4 is 5.32 Å². The van der Waals surface area contributed by atoms with E-state index in [2.05, 4.69) is 25.9 Å². The highest BCUT2D eigenvalue weighted by Crippen LogP contribution is 2.25. The molecule has 3 aromatic heterocycles. The minimum Gasteiger partial charge on any atom is -0.311 e. The molecule has 0 aliphatic rings. The van der Waals surface area contributed by atoms with Crippen molar-refractivity contribution >= 4 is 34.4 Å². The number of aromatic amines is 1. The summed E-state index contributed by atoms with van der Waals surface area (Å²) in [5.74, 6) is 0.544. The van der Waals surface area contributed by atoms with Crippen LogP contribution in [0.2, 0.25) is 0 Å². The molecule has 20 heavy (non-hydrogen) atoms. The standard InChI is InChI=1S/C13H12N4OS2/c1-8-5-14-17-12(8)16-11(18)4-10-7-20-13(15-10)9-2-3-19-6-9/h2-3,5-7H,4H2,1H3,(H2,14,16,17,18). The molecule has 0 saturated heterocycles. The van der Waals surface area contributed by atoms with Gasteiger partial charge >= 0.3 is 0 Å². The van der Waals surface area contributed by atoms with Crippen LogP contribution in [0.25, 0.3) is 10.6 Å². The first-order valence-electron chi connectivity index (χ1n) is 5.99. The Labute approximate surface area is 123 Å². The summed E-state index contributed by atoms with van der Waals surface area (Å²) in [7, 11) is 0. The van der Waals surface area contributed by atoms with Gasteiger partial charge < -0.3 is 5.32 Å². The summed E-state index contributed by atoms with van der Waals surface area (Å²) in [4.78, 5) is 16.4. The van der Waals surface area contributed by atoms with Gasteiger partial charge in [0, 0.05) is 21.9 Å². The van der Waals surface area contributed by atoms with Crippen LogP contribution in [0.15, 0.2) is 28.4 Å². The van der Waals surface area contributed by atoms with Crippen molar-refractivity contribution in [3.63, 3.8) is 0 Å². The summed E-state index contributed by atoms with van der Waals surface area (Å²) in [6.45, 7) is 1.89. The number of H-pyrrole nitrogens is 1. The molecule has 0 aliphatic heterocycles. The van der Waals surface area contributed by atoms with Crippen LogP contribution in [-0.4, -0.2) is 21.1 Å². The highest BCUT2D eigenvalue weighted by molar-refractivity contribution is 7.14. The van der Waals surface area contributed by atoms with Crippen molar-refractivity contribution in [2.75, 3.05) is 5.32 Å². The lowest BCUT2D eigenvalue weighted by Crippen LogP contribution is -2.15. The molecule has 0 atom stereocenters. The van der Waals surface area contributed by atoms with Gasteiger partial charge in [0.15, 0.2) is 0 Å². The summed E-state index contributed by atoms with van der Waals surface area (Å²) < 4.78 is 0. The van der Waals surface area contributed by atoms with E-state index in [4.69, 9.17) is 0 Å². The fourth-order valence-electron chi connectivity index (χ4n) is 1.73. The molecule has 3 heterocycles. The largest absolute Gasteiger partial charge is 0.311 e. The Bertz CT molecular complexity index is 714. The lowest BCUT2D eigenvalue weighted by Gasteiger charge is -2.01. The zero-order valence-electron chi connectivity index (χ0n) is 10.7. The molecule has 7 heteroatoms. The van der Waals surface area contributed by atoms with Crippen molar-refractivity contribution in [2.45, 2.75) is 13.3 Å². The Hall–Kier alpha value is -1.99. The maximum absolute atomic E-state index is 11.9. The topological polar surface area (TPSA) is 70.7 Å². The summed E-state index contributed by atoms with van der Waals surface area (Å²) in [5, 5.41) is 16.4. The average Bonchev–Trinajstić information content (AvgIpc) is 3.12. The van der Waals surface area contributed by atoms with Gasteiger partial charge in [0.1, 0.15) is 10.8 Å². The molecular weight excluding hydrogens is 292 g/mol. The van der Waals surface area contributed by atoms with E-state index in [1.807, 2.05) is 23.8 Å². The van der Waals surface area contributed by atoms with Gasteiger partial charge in [-0.25, -0.2) is 4.98 Å². The predicted octanol–water partition coefficient (Wildman–Crippen LogP) is 3.08. The van der Waals surface area contributed by atoms with E-state index < -0.39 is 0 Å². The monoisotopic (exact) mass is 304 g/mol. The number of hydrogen-bond acceptors (Lipinski definition) is 5. The van der Waals surface area contributed by atoms with Crippen molar-refractivity contribution in [3.05, 3.63) is 39.7 Å². The fourth-order valence-corrected chi connectivity index (χ4v) is 3.26. The summed E-state index contributed by atoms with van der Waals surface area (Å²) in [6.07, 6.45) is 1.94. The average molecular weight is 304 g/mol. The smallest absolute Gasteiger partial charge is 0.231 e. The fraction of sp³-hybridized carbons (Fsp3) is 0.154. The summed E-state index contributed by atoms with van der Waals surface area (Å²) in [5.41, 5.74) is 2.80. The molecule has 2 N–H and O–H groups in total. The first kappa shape index (κ1) is 13.0. The molecule has 102 valence electrons. The Balaban J connectivity index is 1.66. The molecule has 5 nitrogen and oxygen atoms in total. The van der Waals surface area contributed by atoms with Gasteiger partial charge in [0.05, 0.1) is 18.3 Å². The van der Waals surface area contributed by atoms with Gasteiger partial charge in [0.2, 0.25) is 5.91 Å². The third-order valence-electron chi connectivity index (χ3n) is 2.75. The quantitative estimate of drug-likeness (QED) is 0.778. The predicted molar refractivity (Wildman–Crippen MR) is 81.1 cm³/mol. The Morgan fingerprint density at radius 3 is 3.05 bits per heavy atom. The lowest BCUT2D eigenvalue weighted by atomic mass is 10.3. The number of thiophene rings is 1. The number of carbonyl (C=O) groups is 1. The number of nitrogens with zero attached hydrogens (tertiary/aromatic N) is 2. The molecule has 0 saturated carbocycles. The zero-order valence-corrected chi connectivity index (χ0v) is 12.3. The zero-order chi connectivity index (χ0) is 13.9. The maximum atomic E-state index is 11.9. The minimum atomic E-state index is -0.0977. The Morgan fingerprint density at radius 2 is 2.35 bits per heavy atom. The Kier molecular flexibility index (Phi) is 3.62. The number of rotatable bonds is 4. The van der Waals surface area contributed by atoms with E-state index in [1.165, 1.54) is 0 Å². The van der Waals surface area contributed by atoms with Crippen molar-refractivity contribution in [3.8, 4) is 10.6 Å². The summed E-state index contributed by atoms with van der Waals surface area (Å²) in [6, 6.07) is 2.03. The van der Waals surface area contributed by atoms with E-state index in [0.29, 0.717) is 5.82 Å². The number of aromatic nitrogens is 3. The van der Waals surface area contributed by atoms with E-state index >= 15 is 0 Å². The third-order valence-corrected chi connectivity index (χ3v) is 4.38. The molecular formula is C13H12N4OS2. The van der Waals surface area contributed by atoms with Crippen LogP contribution in [0.4, 0.5) is 5.82 Å². The van der Waals surface area contributed by atoms with Crippen molar-refractivity contribution in [1.82, 2.24) is 15.2 Å². The lowest BCUT2D eigenvalue weighted by molar-refractivity contribution is -0.115. The molecule has 0 aromatic carbocycles. The second-order valence-corrected chi connectivity index (χ2v) is 5.95. The minimum absolute atomic E-state index is 0.0977. The first-order chi connectivity index (χ1) is 9.72. The molecule has 0 radical (unpaired) electrons. The number of thiazole rings is 1. The van der Waals surface area contributed by atoms with Crippen molar-refractivity contribution in [2.24, 2.45) is 0 Å². The highest BCUT2D eigenvalue weighted by Gasteiger charge is 2.11. The van der Waals surface area contributed by atoms with Crippen LogP contribution in [0.3, 0.4) is 0 Å². The van der Waals surface area contributed by atoms with E-state index in [0.717, 1.165) is 21.8 Å². The number of carbonyl (C=O) groups excluding carboxylic acids is 1. The van der Waals surface area contributed by atoms with Crippen molar-refractivity contribution < 1.29 is 4.79 Å². The Morgan fingerprint density at radius 1 is 1.45 bits per heavy atom. The molecule has 3 aromatic rings. The number of aryl methyl sites for hydroxylation is 1. The molecule has 0 spiro atoms. The van der Waals surface area contributed by atoms with Crippen LogP contribution in [-0.2, 0) is 11.2 Å². The van der Waals surface area contributed by atoms with Gasteiger partial charge in [-0.1, -0.05) is 0 Å². The normalized spacial score (nSPS) is 10.7. The van der Waals surface area contributed by atoms with E-state index in [-0.39, 0.29) is 12.3 Å². The molecule has 0 fully saturated rings. The van der Waals surface area contributed by atoms with Gasteiger partial charge in [-0.2, -0.15) is 16.4 Å². The summed E-state index contributed by atoms with van der Waals surface area (Å²) >= 11 is 3.19. The number of hydrogen-bond donors (Lipinski definition) is 2. The van der Waals surface area contributed by atoms with Crippen molar-refractivity contribution in [1.29, 1.82) is 0 Å². The van der Waals surface area contributed by atoms with Crippen LogP contribution in [0, 0.1) is 6.92 Å². The third kappa shape index (κ3) is 2.78. The SMILES string of the molecule is Cc1cn[nH]c1NC(=O)Cc1csc(-c2ccsc2)n1. The highest BCUT2D eigenvalue weighted by atomic mass is 32.1. The second-order valence-electron chi connectivity index (χ2n) is 4.31. The van der Waals surface area contributed by atoms with Crippen LogP contribution in [0.5, 0.6) is 0 Å². The maximum Gasteiger partial charge on any atom is 0.231 e. The van der Waals surface area contributed by atoms with E-state index in [9.17, 15) is 4.79 Å². The van der Waals surface area contributed by atoms with Gasteiger partial charge in [-0.15, -0.1) is 11.3 Å². The first-order valence-corrected chi connectivity index (χ1v) is 7.81. The molecule has 0 unspecified atom stereocenters.